The molecule has 0 N–H and O–H groups in total. The largest absolute Gasteiger partial charge is 3.00 e. The minimum Gasteiger partial charge on any atom is -0.504 e. The Bertz CT molecular complexity index is 1760. The third kappa shape index (κ3) is 3.88. The molecule has 1 atom stereocenters. The van der Waals surface area contributed by atoms with Gasteiger partial charge >= 0.3 is 20.1 Å². The summed E-state index contributed by atoms with van der Waals surface area (Å²) in [6.45, 7) is 2.08. The number of aryl methyl sites for hydroxylation is 1. The van der Waals surface area contributed by atoms with Crippen LogP contribution < -0.4 is 20.4 Å². The molecule has 0 saturated carbocycles. The van der Waals surface area contributed by atoms with Gasteiger partial charge in [0, 0.05) is 17.6 Å². The third-order valence-corrected chi connectivity index (χ3v) is 7.04. The Hall–Kier alpha value is -3.99. The van der Waals surface area contributed by atoms with Crippen LogP contribution in [0.2, 0.25) is 0 Å². The van der Waals surface area contributed by atoms with E-state index in [-0.39, 0.29) is 26.1 Å². The fourth-order valence-corrected chi connectivity index (χ4v) is 5.43. The molecule has 0 fully saturated rings. The van der Waals surface area contributed by atoms with Crippen LogP contribution in [0, 0.1) is 18.9 Å². The van der Waals surface area contributed by atoms with E-state index in [1.807, 2.05) is 48.1 Å². The molecule has 0 saturated heterocycles. The first-order valence-electron chi connectivity index (χ1n) is 12.3. The SMILES string of the molecule is CN1[CH-]N(c2[c-]cccc2)c2ccccc21.Cn1[c-]c2c(c1)C1=c3ccccc3=NC1c1cccnc1-2.[Ir+3]. The van der Waals surface area contributed by atoms with Crippen molar-refractivity contribution in [2.75, 3.05) is 16.8 Å². The Morgan fingerprint density at radius 3 is 2.50 bits per heavy atom. The zero-order valence-corrected chi connectivity index (χ0v) is 23.4. The maximum Gasteiger partial charge on any atom is 3.00 e. The molecule has 1 aliphatic carbocycles. The van der Waals surface area contributed by atoms with Gasteiger partial charge in [0.25, 0.3) is 0 Å². The molecule has 2 aliphatic heterocycles. The molecular weight excluding hydrogens is 647 g/mol. The Morgan fingerprint density at radius 1 is 0.868 bits per heavy atom. The summed E-state index contributed by atoms with van der Waals surface area (Å²) < 4.78 is 1.99. The number of para-hydroxylation sites is 4. The molecule has 186 valence electrons. The van der Waals surface area contributed by atoms with E-state index in [1.54, 1.807) is 0 Å². The van der Waals surface area contributed by atoms with E-state index in [2.05, 4.69) is 102 Å². The zero-order valence-electron chi connectivity index (χ0n) is 21.0. The fourth-order valence-electron chi connectivity index (χ4n) is 5.43. The van der Waals surface area contributed by atoms with Crippen molar-refractivity contribution in [3.63, 3.8) is 0 Å². The first kappa shape index (κ1) is 24.4. The molecule has 1 unspecified atom stereocenters. The molecule has 2 aromatic heterocycles. The van der Waals surface area contributed by atoms with Crippen molar-refractivity contribution in [1.29, 1.82) is 0 Å². The van der Waals surface area contributed by atoms with E-state index in [0.29, 0.717) is 0 Å². The summed E-state index contributed by atoms with van der Waals surface area (Å²) in [5, 5.41) is 2.31. The van der Waals surface area contributed by atoms with Crippen molar-refractivity contribution in [1.82, 2.24) is 9.55 Å². The average molecular weight is 671 g/mol. The molecule has 3 aliphatic rings. The van der Waals surface area contributed by atoms with Gasteiger partial charge in [0.1, 0.15) is 0 Å². The molecule has 6 heteroatoms. The fraction of sp³-hybridized carbons (Fsp3) is 0.0938. The van der Waals surface area contributed by atoms with Gasteiger partial charge < -0.3 is 19.4 Å². The van der Waals surface area contributed by atoms with Crippen molar-refractivity contribution < 1.29 is 20.1 Å². The number of rotatable bonds is 1. The Balaban J connectivity index is 0.000000141. The summed E-state index contributed by atoms with van der Waals surface area (Å²) >= 11 is 0. The number of nitrogens with zero attached hydrogens (tertiary/aromatic N) is 5. The number of hydrogen-bond donors (Lipinski definition) is 0. The Kier molecular flexibility index (Phi) is 6.22. The summed E-state index contributed by atoms with van der Waals surface area (Å²) in [6.07, 6.45) is 7.36. The van der Waals surface area contributed by atoms with Crippen LogP contribution in [0.25, 0.3) is 16.8 Å². The van der Waals surface area contributed by atoms with E-state index in [1.165, 1.54) is 33.3 Å². The number of benzene rings is 3. The maximum atomic E-state index is 4.92. The second-order valence-corrected chi connectivity index (χ2v) is 9.38. The smallest absolute Gasteiger partial charge is 0.504 e. The van der Waals surface area contributed by atoms with Gasteiger partial charge in [0.15, 0.2) is 0 Å². The van der Waals surface area contributed by atoms with E-state index in [0.717, 1.165) is 22.3 Å². The van der Waals surface area contributed by atoms with Crippen molar-refractivity contribution in [3.05, 3.63) is 138 Å². The van der Waals surface area contributed by atoms with Gasteiger partial charge in [-0.05, 0) is 54.8 Å². The van der Waals surface area contributed by atoms with Crippen LogP contribution in [0.3, 0.4) is 0 Å². The zero-order chi connectivity index (χ0) is 24.9. The molecular formula is C32H24IrN5. The second kappa shape index (κ2) is 9.71. The average Bonchev–Trinajstić information content (AvgIpc) is 3.63. The molecule has 8 rings (SSSR count). The third-order valence-electron chi connectivity index (χ3n) is 7.04. The minimum absolute atomic E-state index is 0. The van der Waals surface area contributed by atoms with Gasteiger partial charge in [0.2, 0.25) is 0 Å². The first-order chi connectivity index (χ1) is 18.2. The Morgan fingerprint density at radius 2 is 1.66 bits per heavy atom. The van der Waals surface area contributed by atoms with Gasteiger partial charge in [-0.2, -0.15) is 37.0 Å². The van der Waals surface area contributed by atoms with Crippen molar-refractivity contribution >= 4 is 22.6 Å². The molecule has 4 heterocycles. The minimum atomic E-state index is 0. The van der Waals surface area contributed by atoms with Crippen LogP contribution in [0.15, 0.2) is 102 Å². The van der Waals surface area contributed by atoms with E-state index in [4.69, 9.17) is 4.99 Å². The molecule has 3 aromatic carbocycles. The monoisotopic (exact) mass is 671 g/mol. The van der Waals surface area contributed by atoms with Crippen LogP contribution in [-0.4, -0.2) is 16.6 Å². The predicted molar refractivity (Wildman–Crippen MR) is 147 cm³/mol. The molecule has 0 radical (unpaired) electrons. The van der Waals surface area contributed by atoms with E-state index >= 15 is 0 Å². The van der Waals surface area contributed by atoms with Gasteiger partial charge in [-0.15, -0.1) is 23.0 Å². The van der Waals surface area contributed by atoms with Crippen LogP contribution in [-0.2, 0) is 27.2 Å². The summed E-state index contributed by atoms with van der Waals surface area (Å²) in [7, 11) is 4.07. The van der Waals surface area contributed by atoms with Crippen LogP contribution in [0.5, 0.6) is 0 Å². The molecule has 0 amide bonds. The van der Waals surface area contributed by atoms with Crippen molar-refractivity contribution in [2.24, 2.45) is 12.0 Å². The summed E-state index contributed by atoms with van der Waals surface area (Å²) in [5.41, 5.74) is 9.27. The van der Waals surface area contributed by atoms with Crippen molar-refractivity contribution in [2.45, 2.75) is 6.04 Å². The Labute approximate surface area is 235 Å². The maximum absolute atomic E-state index is 4.92. The molecule has 0 bridgehead atoms. The van der Waals surface area contributed by atoms with Crippen LogP contribution in [0.4, 0.5) is 17.1 Å². The van der Waals surface area contributed by atoms with Crippen LogP contribution in [0.1, 0.15) is 17.2 Å². The van der Waals surface area contributed by atoms with Crippen LogP contribution >= 0.6 is 0 Å². The first-order valence-corrected chi connectivity index (χ1v) is 12.3. The number of fused-ring (bicyclic) bond motifs is 8. The summed E-state index contributed by atoms with van der Waals surface area (Å²) in [4.78, 5) is 13.8. The van der Waals surface area contributed by atoms with E-state index < -0.39 is 0 Å². The standard InChI is InChI=1S/C18H12N3.C14H12N2.Ir/c1-21-9-13-14(10-21)17-12(6-4-8-19-17)18-16(13)11-5-2-3-7-15(11)20-18;1-15-11-16(12-7-3-2-4-8-12)14-10-6-5-9-13(14)15;/h2-9,18H,1H3;2-7,9-11H,1H3;/q-1;-2;+3. The summed E-state index contributed by atoms with van der Waals surface area (Å²) in [6, 6.07) is 32.2. The van der Waals surface area contributed by atoms with Gasteiger partial charge in [-0.3, -0.25) is 4.99 Å². The number of pyridine rings is 1. The topological polar surface area (TPSA) is 36.7 Å². The quantitative estimate of drug-likeness (QED) is 0.237. The number of hydrogen-bond acceptors (Lipinski definition) is 4. The normalized spacial score (nSPS) is 15.6. The predicted octanol–water partition coefficient (Wildman–Crippen LogP) is 4.97. The van der Waals surface area contributed by atoms with Gasteiger partial charge in [-0.1, -0.05) is 48.2 Å². The molecule has 5 nitrogen and oxygen atoms in total. The van der Waals surface area contributed by atoms with Crippen molar-refractivity contribution in [3.8, 4) is 11.3 Å². The van der Waals surface area contributed by atoms with Gasteiger partial charge in [0.05, 0.1) is 11.4 Å². The van der Waals surface area contributed by atoms with Gasteiger partial charge in [-0.25, -0.2) is 0 Å². The second-order valence-electron chi connectivity index (χ2n) is 9.38. The number of anilines is 3. The molecule has 38 heavy (non-hydrogen) atoms. The molecule has 5 aromatic rings. The number of aromatic nitrogens is 2. The van der Waals surface area contributed by atoms with E-state index in [9.17, 15) is 0 Å². The summed E-state index contributed by atoms with van der Waals surface area (Å²) in [5.74, 6) is 0. The molecule has 0 spiro atoms.